The van der Waals surface area contributed by atoms with E-state index in [0.717, 1.165) is 6.54 Å². The first-order chi connectivity index (χ1) is 8.24. The molecule has 18 heavy (non-hydrogen) atoms. The number of halogens is 2. The Balaban J connectivity index is 0.00000289. The van der Waals surface area contributed by atoms with Crippen LogP contribution in [0.4, 0.5) is 0 Å². The predicted molar refractivity (Wildman–Crippen MR) is 75.7 cm³/mol. The van der Waals surface area contributed by atoms with Crippen LogP contribution in [-0.2, 0) is 4.79 Å². The Morgan fingerprint density at radius 2 is 2.06 bits per heavy atom. The Morgan fingerprint density at radius 1 is 1.33 bits per heavy atom. The van der Waals surface area contributed by atoms with Gasteiger partial charge in [-0.3, -0.25) is 4.79 Å². The highest BCUT2D eigenvalue weighted by Crippen LogP contribution is 2.22. The quantitative estimate of drug-likeness (QED) is 0.755. The molecule has 0 radical (unpaired) electrons. The van der Waals surface area contributed by atoms with E-state index in [0.29, 0.717) is 30.3 Å². The van der Waals surface area contributed by atoms with E-state index in [9.17, 15) is 4.79 Å². The zero-order chi connectivity index (χ0) is 12.5. The van der Waals surface area contributed by atoms with E-state index >= 15 is 0 Å². The summed E-state index contributed by atoms with van der Waals surface area (Å²) in [4.78, 5) is 11.3. The van der Waals surface area contributed by atoms with Crippen molar-refractivity contribution in [3.8, 4) is 5.75 Å². The van der Waals surface area contributed by atoms with Crippen LogP contribution in [0.25, 0.3) is 0 Å². The Morgan fingerprint density at radius 3 is 2.72 bits per heavy atom. The van der Waals surface area contributed by atoms with Gasteiger partial charge in [-0.1, -0.05) is 23.7 Å². The minimum absolute atomic E-state index is 0. The number of amides is 1. The minimum atomic E-state index is -0.0210. The second-order valence-electron chi connectivity index (χ2n) is 3.48. The van der Waals surface area contributed by atoms with Crippen molar-refractivity contribution in [3.05, 3.63) is 29.3 Å². The van der Waals surface area contributed by atoms with E-state index in [1.165, 1.54) is 0 Å². The fourth-order valence-corrected chi connectivity index (χ4v) is 1.42. The Labute approximate surface area is 118 Å². The van der Waals surface area contributed by atoms with Crippen molar-refractivity contribution in [1.29, 1.82) is 0 Å². The van der Waals surface area contributed by atoms with Gasteiger partial charge in [-0.25, -0.2) is 0 Å². The normalized spacial score (nSPS) is 9.44. The number of likely N-dealkylation sites (N-methyl/N-ethyl adjacent to an activating group) is 1. The SMILES string of the molecule is CNCCNC(=O)CCOc1ccccc1Cl.Cl. The Bertz CT molecular complexity index is 362. The Kier molecular flexibility index (Phi) is 9.46. The van der Waals surface area contributed by atoms with Gasteiger partial charge in [0.2, 0.25) is 5.91 Å². The molecule has 0 bridgehead atoms. The van der Waals surface area contributed by atoms with Crippen LogP contribution in [0.3, 0.4) is 0 Å². The van der Waals surface area contributed by atoms with Gasteiger partial charge in [0.1, 0.15) is 5.75 Å². The molecule has 0 aliphatic rings. The molecule has 1 aromatic carbocycles. The van der Waals surface area contributed by atoms with Gasteiger partial charge >= 0.3 is 0 Å². The summed E-state index contributed by atoms with van der Waals surface area (Å²) < 4.78 is 5.41. The molecule has 0 fully saturated rings. The summed E-state index contributed by atoms with van der Waals surface area (Å²) in [5.74, 6) is 0.587. The summed E-state index contributed by atoms with van der Waals surface area (Å²) in [7, 11) is 1.84. The van der Waals surface area contributed by atoms with E-state index in [4.69, 9.17) is 16.3 Å². The summed E-state index contributed by atoms with van der Waals surface area (Å²) in [6, 6.07) is 7.21. The number of benzene rings is 1. The molecule has 102 valence electrons. The summed E-state index contributed by atoms with van der Waals surface area (Å²) in [6.07, 6.45) is 0.328. The molecule has 1 amide bonds. The molecule has 0 spiro atoms. The second-order valence-corrected chi connectivity index (χ2v) is 3.89. The first-order valence-electron chi connectivity index (χ1n) is 5.52. The maximum atomic E-state index is 11.3. The van der Waals surface area contributed by atoms with Crippen LogP contribution >= 0.6 is 24.0 Å². The van der Waals surface area contributed by atoms with E-state index < -0.39 is 0 Å². The van der Waals surface area contributed by atoms with E-state index in [1.54, 1.807) is 12.1 Å². The Hall–Kier alpha value is -0.970. The van der Waals surface area contributed by atoms with Gasteiger partial charge in [-0.15, -0.1) is 12.4 Å². The number of para-hydroxylation sites is 1. The number of rotatable bonds is 7. The van der Waals surface area contributed by atoms with Crippen LogP contribution < -0.4 is 15.4 Å². The van der Waals surface area contributed by atoms with Crippen LogP contribution in [0, 0.1) is 0 Å². The van der Waals surface area contributed by atoms with Crippen molar-refractivity contribution >= 4 is 29.9 Å². The molecule has 0 heterocycles. The largest absolute Gasteiger partial charge is 0.491 e. The van der Waals surface area contributed by atoms with Crippen LogP contribution in [0.5, 0.6) is 5.75 Å². The van der Waals surface area contributed by atoms with Crippen LogP contribution in [0.2, 0.25) is 5.02 Å². The second kappa shape index (κ2) is 10.00. The molecule has 0 saturated heterocycles. The zero-order valence-corrected chi connectivity index (χ0v) is 11.8. The monoisotopic (exact) mass is 292 g/mol. The molecular weight excluding hydrogens is 275 g/mol. The lowest BCUT2D eigenvalue weighted by molar-refractivity contribution is -0.121. The van der Waals surface area contributed by atoms with Gasteiger partial charge in [0, 0.05) is 13.1 Å². The molecule has 1 rings (SSSR count). The molecule has 0 unspecified atom stereocenters. The standard InChI is InChI=1S/C12H17ClN2O2.ClH/c1-14-7-8-15-12(16)6-9-17-11-5-3-2-4-10(11)13;/h2-5,14H,6-9H2,1H3,(H,15,16);1H. The van der Waals surface area contributed by atoms with Gasteiger partial charge in [-0.2, -0.15) is 0 Å². The van der Waals surface area contributed by atoms with E-state index in [2.05, 4.69) is 10.6 Å². The lowest BCUT2D eigenvalue weighted by atomic mass is 10.3. The number of carbonyl (C=O) groups is 1. The molecule has 0 atom stereocenters. The predicted octanol–water partition coefficient (Wildman–Crippen LogP) is 1.87. The molecule has 0 saturated carbocycles. The topological polar surface area (TPSA) is 50.4 Å². The van der Waals surface area contributed by atoms with Crippen molar-refractivity contribution in [2.24, 2.45) is 0 Å². The third kappa shape index (κ3) is 6.69. The number of ether oxygens (including phenoxy) is 1. The minimum Gasteiger partial charge on any atom is -0.491 e. The van der Waals surface area contributed by atoms with Crippen molar-refractivity contribution in [3.63, 3.8) is 0 Å². The summed E-state index contributed by atoms with van der Waals surface area (Å²) in [5, 5.41) is 6.28. The van der Waals surface area contributed by atoms with Crippen molar-refractivity contribution in [2.45, 2.75) is 6.42 Å². The van der Waals surface area contributed by atoms with Gasteiger partial charge in [0.05, 0.1) is 18.1 Å². The van der Waals surface area contributed by atoms with E-state index in [1.807, 2.05) is 19.2 Å². The first kappa shape index (κ1) is 17.0. The van der Waals surface area contributed by atoms with Crippen molar-refractivity contribution < 1.29 is 9.53 Å². The van der Waals surface area contributed by atoms with Crippen molar-refractivity contribution in [2.75, 3.05) is 26.7 Å². The highest BCUT2D eigenvalue weighted by atomic mass is 35.5. The first-order valence-corrected chi connectivity index (χ1v) is 5.90. The average molecular weight is 293 g/mol. The molecule has 0 aromatic heterocycles. The summed E-state index contributed by atoms with van der Waals surface area (Å²) >= 11 is 5.91. The third-order valence-corrected chi connectivity index (χ3v) is 2.43. The lowest BCUT2D eigenvalue weighted by Crippen LogP contribution is -2.31. The molecule has 4 nitrogen and oxygen atoms in total. The van der Waals surface area contributed by atoms with Crippen LogP contribution in [-0.4, -0.2) is 32.7 Å². The van der Waals surface area contributed by atoms with Gasteiger partial charge in [0.15, 0.2) is 0 Å². The third-order valence-electron chi connectivity index (χ3n) is 2.12. The summed E-state index contributed by atoms with van der Waals surface area (Å²) in [6.45, 7) is 1.72. The molecular formula is C12H18Cl2N2O2. The highest BCUT2D eigenvalue weighted by Gasteiger charge is 2.03. The number of hydrogen-bond acceptors (Lipinski definition) is 3. The van der Waals surface area contributed by atoms with Gasteiger partial charge < -0.3 is 15.4 Å². The van der Waals surface area contributed by atoms with Crippen LogP contribution in [0.1, 0.15) is 6.42 Å². The fraction of sp³-hybridized carbons (Fsp3) is 0.417. The fourth-order valence-electron chi connectivity index (χ4n) is 1.23. The number of hydrogen-bond donors (Lipinski definition) is 2. The number of nitrogens with one attached hydrogen (secondary N) is 2. The molecule has 0 aliphatic carbocycles. The lowest BCUT2D eigenvalue weighted by Gasteiger charge is -2.08. The van der Waals surface area contributed by atoms with Crippen LogP contribution in [0.15, 0.2) is 24.3 Å². The molecule has 2 N–H and O–H groups in total. The van der Waals surface area contributed by atoms with Gasteiger partial charge in [0.25, 0.3) is 0 Å². The zero-order valence-electron chi connectivity index (χ0n) is 10.2. The smallest absolute Gasteiger partial charge is 0.223 e. The highest BCUT2D eigenvalue weighted by molar-refractivity contribution is 6.32. The maximum Gasteiger partial charge on any atom is 0.223 e. The maximum absolute atomic E-state index is 11.3. The summed E-state index contributed by atoms with van der Waals surface area (Å²) in [5.41, 5.74) is 0. The number of carbonyl (C=O) groups excluding carboxylic acids is 1. The molecule has 0 aliphatic heterocycles. The van der Waals surface area contributed by atoms with E-state index in [-0.39, 0.29) is 18.3 Å². The molecule has 1 aromatic rings. The molecule has 6 heteroatoms. The van der Waals surface area contributed by atoms with Crippen molar-refractivity contribution in [1.82, 2.24) is 10.6 Å². The van der Waals surface area contributed by atoms with Gasteiger partial charge in [-0.05, 0) is 19.2 Å². The average Bonchev–Trinajstić information content (AvgIpc) is 2.32.